The SMILES string of the molecule is COc1ccc(-c2co[nH+]c2-c2cc(OC)c(OC)c(OC)c2)cc1N.[Cl-]. The molecule has 0 aliphatic heterocycles. The highest BCUT2D eigenvalue weighted by molar-refractivity contribution is 5.82. The summed E-state index contributed by atoms with van der Waals surface area (Å²) in [7, 11) is 6.30. The van der Waals surface area contributed by atoms with Gasteiger partial charge in [0.2, 0.25) is 5.75 Å². The number of nitrogens with one attached hydrogen (secondary N) is 1. The third kappa shape index (κ3) is 3.73. The molecule has 0 bridgehead atoms. The summed E-state index contributed by atoms with van der Waals surface area (Å²) in [6, 6.07) is 9.25. The molecule has 7 nitrogen and oxygen atoms in total. The Labute approximate surface area is 163 Å². The van der Waals surface area contributed by atoms with Gasteiger partial charge < -0.3 is 37.1 Å². The van der Waals surface area contributed by atoms with E-state index in [0.29, 0.717) is 28.7 Å². The van der Waals surface area contributed by atoms with Gasteiger partial charge in [0, 0.05) is 0 Å². The number of ether oxygens (including phenoxy) is 4. The lowest BCUT2D eigenvalue weighted by Crippen LogP contribution is -3.00. The number of methoxy groups -OCH3 is 4. The first kappa shape index (κ1) is 20.3. The fraction of sp³-hybridized carbons (Fsp3) is 0.211. The highest BCUT2D eigenvalue weighted by atomic mass is 35.5. The number of aromatic amines is 1. The first-order valence-corrected chi connectivity index (χ1v) is 7.86. The number of nitrogen functional groups attached to an aromatic ring is 1. The number of H-pyrrole nitrogens is 1. The number of hydrogen-bond acceptors (Lipinski definition) is 6. The van der Waals surface area contributed by atoms with Crippen LogP contribution in [0.4, 0.5) is 5.69 Å². The van der Waals surface area contributed by atoms with E-state index in [1.807, 2.05) is 30.3 Å². The number of benzene rings is 2. The highest BCUT2D eigenvalue weighted by Gasteiger charge is 2.23. The summed E-state index contributed by atoms with van der Waals surface area (Å²) in [4.78, 5) is 0. The monoisotopic (exact) mass is 392 g/mol. The third-order valence-electron chi connectivity index (χ3n) is 4.10. The van der Waals surface area contributed by atoms with Gasteiger partial charge in [-0.05, 0) is 35.0 Å². The molecule has 0 aliphatic rings. The van der Waals surface area contributed by atoms with Crippen molar-refractivity contribution in [3.8, 4) is 45.4 Å². The van der Waals surface area contributed by atoms with Gasteiger partial charge in [0.1, 0.15) is 11.3 Å². The minimum atomic E-state index is 0. The van der Waals surface area contributed by atoms with Crippen molar-refractivity contribution in [2.45, 2.75) is 0 Å². The number of anilines is 1. The van der Waals surface area contributed by atoms with Crippen LogP contribution in [0.25, 0.3) is 22.4 Å². The van der Waals surface area contributed by atoms with Crippen LogP contribution in [0.15, 0.2) is 41.1 Å². The molecule has 3 N–H and O–H groups in total. The molecule has 144 valence electrons. The maximum Gasteiger partial charge on any atom is 0.267 e. The van der Waals surface area contributed by atoms with Crippen molar-refractivity contribution in [3.05, 3.63) is 36.6 Å². The molecule has 0 atom stereocenters. The normalized spacial score (nSPS) is 10.1. The molecule has 0 fully saturated rings. The Hall–Kier alpha value is -3.06. The van der Waals surface area contributed by atoms with E-state index < -0.39 is 0 Å². The molecule has 0 radical (unpaired) electrons. The molecule has 3 aromatic rings. The standard InChI is InChI=1S/C19H20N2O5.ClH/c1-22-15-6-5-11(7-14(15)20)13-10-26-21-18(13)12-8-16(23-2)19(25-4)17(9-12)24-3;/h5-10H,20H2,1-4H3;1H. The predicted molar refractivity (Wildman–Crippen MR) is 96.8 cm³/mol. The lowest BCUT2D eigenvalue weighted by molar-refractivity contribution is -0.599. The number of nitrogens with two attached hydrogens (primary N) is 1. The molecule has 0 aliphatic carbocycles. The average molecular weight is 393 g/mol. The Balaban J connectivity index is 0.00000261. The van der Waals surface area contributed by atoms with Gasteiger partial charge in [-0.15, -0.1) is 0 Å². The van der Waals surface area contributed by atoms with Crippen LogP contribution in [0.1, 0.15) is 0 Å². The Kier molecular flexibility index (Phi) is 6.41. The first-order valence-electron chi connectivity index (χ1n) is 7.86. The third-order valence-corrected chi connectivity index (χ3v) is 4.10. The van der Waals surface area contributed by atoms with E-state index in [9.17, 15) is 0 Å². The Morgan fingerprint density at radius 1 is 0.815 bits per heavy atom. The van der Waals surface area contributed by atoms with Crippen molar-refractivity contribution in [3.63, 3.8) is 0 Å². The van der Waals surface area contributed by atoms with E-state index in [1.165, 1.54) is 0 Å². The molecule has 3 rings (SSSR count). The lowest BCUT2D eigenvalue weighted by Gasteiger charge is -2.12. The fourth-order valence-electron chi connectivity index (χ4n) is 2.82. The van der Waals surface area contributed by atoms with Gasteiger partial charge in [-0.25, -0.2) is 4.52 Å². The molecule has 0 spiro atoms. The average Bonchev–Trinajstić information content (AvgIpc) is 3.16. The summed E-state index contributed by atoms with van der Waals surface area (Å²) in [6.45, 7) is 0. The van der Waals surface area contributed by atoms with Gasteiger partial charge in [0.15, 0.2) is 17.8 Å². The molecule has 0 unspecified atom stereocenters. The van der Waals surface area contributed by atoms with E-state index in [2.05, 4.69) is 5.16 Å². The summed E-state index contributed by atoms with van der Waals surface area (Å²) in [5.74, 6) is 2.25. The zero-order chi connectivity index (χ0) is 18.7. The zero-order valence-electron chi connectivity index (χ0n) is 15.5. The summed E-state index contributed by atoms with van der Waals surface area (Å²) in [5.41, 5.74) is 9.88. The first-order chi connectivity index (χ1) is 12.6. The smallest absolute Gasteiger partial charge is 0.267 e. The fourth-order valence-corrected chi connectivity index (χ4v) is 2.82. The van der Waals surface area contributed by atoms with Crippen LogP contribution in [-0.4, -0.2) is 28.4 Å². The van der Waals surface area contributed by atoms with E-state index >= 15 is 0 Å². The van der Waals surface area contributed by atoms with Crippen LogP contribution in [0.2, 0.25) is 0 Å². The van der Waals surface area contributed by atoms with Gasteiger partial charge in [0.25, 0.3) is 5.69 Å². The molecule has 0 saturated heterocycles. The van der Waals surface area contributed by atoms with Gasteiger partial charge in [0.05, 0.1) is 39.7 Å². The van der Waals surface area contributed by atoms with Crippen LogP contribution in [0.5, 0.6) is 23.0 Å². The number of hydrogen-bond donors (Lipinski definition) is 1. The van der Waals surface area contributed by atoms with Gasteiger partial charge in [-0.1, -0.05) is 6.07 Å². The highest BCUT2D eigenvalue weighted by Crippen LogP contribution is 2.42. The van der Waals surface area contributed by atoms with Crippen molar-refractivity contribution in [2.24, 2.45) is 0 Å². The molecule has 2 aromatic carbocycles. The van der Waals surface area contributed by atoms with E-state index in [-0.39, 0.29) is 12.4 Å². The molecule has 1 heterocycles. The molecule has 1 aromatic heterocycles. The summed E-state index contributed by atoms with van der Waals surface area (Å²) in [6.07, 6.45) is 1.62. The van der Waals surface area contributed by atoms with Crippen LogP contribution >= 0.6 is 0 Å². The van der Waals surface area contributed by atoms with E-state index in [4.69, 9.17) is 29.2 Å². The molecule has 27 heavy (non-hydrogen) atoms. The summed E-state index contributed by atoms with van der Waals surface area (Å²) < 4.78 is 26.8. The van der Waals surface area contributed by atoms with Gasteiger partial charge in [-0.2, -0.15) is 0 Å². The van der Waals surface area contributed by atoms with Crippen LogP contribution in [0.3, 0.4) is 0 Å². The molecule has 0 saturated carbocycles. The summed E-state index contributed by atoms with van der Waals surface area (Å²) >= 11 is 0. The molecular weight excluding hydrogens is 372 g/mol. The van der Waals surface area contributed by atoms with E-state index in [0.717, 1.165) is 22.4 Å². The van der Waals surface area contributed by atoms with Crippen LogP contribution in [-0.2, 0) is 0 Å². The lowest BCUT2D eigenvalue weighted by atomic mass is 10.0. The second kappa shape index (κ2) is 8.55. The molecule has 8 heteroatoms. The van der Waals surface area contributed by atoms with E-state index in [1.54, 1.807) is 34.7 Å². The summed E-state index contributed by atoms with van der Waals surface area (Å²) in [5, 5.41) is 2.91. The van der Waals surface area contributed by atoms with Gasteiger partial charge >= 0.3 is 0 Å². The minimum absolute atomic E-state index is 0. The topological polar surface area (TPSA) is 90.2 Å². The minimum Gasteiger partial charge on any atom is -1.00 e. The zero-order valence-corrected chi connectivity index (χ0v) is 16.2. The van der Waals surface area contributed by atoms with Crippen LogP contribution in [0, 0.1) is 0 Å². The van der Waals surface area contributed by atoms with Crippen molar-refractivity contribution < 1.29 is 41.0 Å². The van der Waals surface area contributed by atoms with Gasteiger partial charge in [-0.3, -0.25) is 0 Å². The quantitative estimate of drug-likeness (QED) is 0.596. The Bertz CT molecular complexity index is 901. The number of aromatic nitrogens is 1. The second-order valence-electron chi connectivity index (χ2n) is 5.50. The Morgan fingerprint density at radius 2 is 1.44 bits per heavy atom. The number of halogens is 1. The van der Waals surface area contributed by atoms with Crippen molar-refractivity contribution >= 4 is 5.69 Å². The maximum atomic E-state index is 6.03. The molecule has 0 amide bonds. The molecular formula is C19H21ClN2O5. The van der Waals surface area contributed by atoms with Crippen LogP contribution < -0.4 is 42.2 Å². The van der Waals surface area contributed by atoms with Crippen molar-refractivity contribution in [2.75, 3.05) is 34.2 Å². The maximum absolute atomic E-state index is 6.03. The van der Waals surface area contributed by atoms with Crippen molar-refractivity contribution in [1.29, 1.82) is 0 Å². The number of rotatable bonds is 6. The Morgan fingerprint density at radius 3 is 1.96 bits per heavy atom. The van der Waals surface area contributed by atoms with Crippen molar-refractivity contribution in [1.82, 2.24) is 0 Å². The predicted octanol–water partition coefficient (Wildman–Crippen LogP) is 0.0483. The second-order valence-corrected chi connectivity index (χ2v) is 5.50. The largest absolute Gasteiger partial charge is 1.00 e.